The van der Waals surface area contributed by atoms with Crippen molar-refractivity contribution >= 4 is 21.1 Å². The van der Waals surface area contributed by atoms with E-state index in [2.05, 4.69) is 15.1 Å². The predicted molar refractivity (Wildman–Crippen MR) is 140 cm³/mol. The third kappa shape index (κ3) is 5.47. The first-order valence-electron chi connectivity index (χ1n) is 16.9. The van der Waals surface area contributed by atoms with Gasteiger partial charge in [0, 0.05) is 34.7 Å². The quantitative estimate of drug-likeness (QED) is 0.393. The highest BCUT2D eigenvalue weighted by atomic mass is 32.2. The highest BCUT2D eigenvalue weighted by Gasteiger charge is 2.23. The average molecular weight is 528 g/mol. The molecule has 0 spiro atoms. The van der Waals surface area contributed by atoms with Crippen LogP contribution >= 0.6 is 0 Å². The summed E-state index contributed by atoms with van der Waals surface area (Å²) in [6.07, 6.45) is -7.94. The second-order valence-electron chi connectivity index (χ2n) is 8.35. The summed E-state index contributed by atoms with van der Waals surface area (Å²) in [7, 11) is -1.89. The van der Waals surface area contributed by atoms with Crippen LogP contribution in [-0.4, -0.2) is 65.8 Å². The number of aryl methyl sites for hydroxylation is 2. The Kier molecular flexibility index (Phi) is 4.77. The fourth-order valence-electron chi connectivity index (χ4n) is 3.98. The van der Waals surface area contributed by atoms with Crippen LogP contribution in [0.4, 0.5) is 0 Å². The number of hydrogen-bond acceptors (Lipinski definition) is 7. The van der Waals surface area contributed by atoms with Gasteiger partial charge in [0.2, 0.25) is 10.0 Å². The van der Waals surface area contributed by atoms with E-state index in [0.717, 1.165) is 16.8 Å². The van der Waals surface area contributed by atoms with Crippen LogP contribution in [0, 0.1) is 0 Å². The topological polar surface area (TPSA) is 122 Å². The van der Waals surface area contributed by atoms with Gasteiger partial charge in [-0.2, -0.15) is 5.10 Å². The first-order valence-corrected chi connectivity index (χ1v) is 12.9. The molecule has 10 nitrogen and oxygen atoms in total. The van der Waals surface area contributed by atoms with Crippen LogP contribution in [-0.2, 0) is 23.4 Å². The van der Waals surface area contributed by atoms with E-state index >= 15 is 0 Å². The molecule has 196 valence electrons. The minimum Gasteiger partial charge on any atom is -0.493 e. The van der Waals surface area contributed by atoms with E-state index < -0.39 is 70.2 Å². The molecule has 3 aromatic rings. The lowest BCUT2D eigenvalue weighted by atomic mass is 10.1. The second kappa shape index (κ2) is 11.1. The Morgan fingerprint density at radius 3 is 2.92 bits per heavy atom. The largest absolute Gasteiger partial charge is 0.493 e. The number of H-pyrrole nitrogens is 1. The van der Waals surface area contributed by atoms with Gasteiger partial charge in [0.05, 0.1) is 22.8 Å². The summed E-state index contributed by atoms with van der Waals surface area (Å²) in [6, 6.07) is 2.44. The maximum atomic E-state index is 13.5. The molecule has 11 heteroatoms. The lowest BCUT2D eigenvalue weighted by Crippen LogP contribution is -2.31. The molecule has 0 saturated carbocycles. The van der Waals surface area contributed by atoms with E-state index in [4.69, 9.17) is 19.8 Å². The number of benzene rings is 1. The normalized spacial score (nSPS) is 23.2. The fourth-order valence-corrected chi connectivity index (χ4v) is 4.81. The number of aromatic amines is 1. The van der Waals surface area contributed by atoms with Gasteiger partial charge in [0.25, 0.3) is 5.56 Å². The number of ether oxygens (including phenoxy) is 1. The Balaban J connectivity index is 1.88. The lowest BCUT2D eigenvalue weighted by Gasteiger charge is -2.19. The molecule has 4 rings (SSSR count). The van der Waals surface area contributed by atoms with Gasteiger partial charge in [-0.05, 0) is 63.8 Å². The summed E-state index contributed by atoms with van der Waals surface area (Å²) < 4.78 is 125. The number of fused-ring (bicyclic) bond motifs is 1. The Morgan fingerprint density at radius 2 is 2.19 bits per heavy atom. The molecule has 1 aromatic carbocycles. The van der Waals surface area contributed by atoms with E-state index in [-0.39, 0.29) is 29.3 Å². The molecule has 1 atom stereocenters. The lowest BCUT2D eigenvalue weighted by molar-refractivity contribution is 0.297. The maximum Gasteiger partial charge on any atom is 0.277 e. The van der Waals surface area contributed by atoms with E-state index in [1.54, 1.807) is 18.9 Å². The van der Waals surface area contributed by atoms with Crippen molar-refractivity contribution in [3.63, 3.8) is 0 Å². The molecule has 2 aromatic heterocycles. The van der Waals surface area contributed by atoms with Gasteiger partial charge >= 0.3 is 0 Å². The molecule has 0 radical (unpaired) electrons. The molecule has 3 heterocycles. The van der Waals surface area contributed by atoms with Gasteiger partial charge < -0.3 is 14.6 Å². The molecule has 36 heavy (non-hydrogen) atoms. The van der Waals surface area contributed by atoms with Gasteiger partial charge in [0.15, 0.2) is 5.52 Å². The van der Waals surface area contributed by atoms with Crippen molar-refractivity contribution in [1.29, 1.82) is 0 Å². The summed E-state index contributed by atoms with van der Waals surface area (Å²) in [6.45, 7) is -4.03. The number of rotatable bonds is 11. The van der Waals surface area contributed by atoms with Crippen molar-refractivity contribution in [2.24, 2.45) is 7.05 Å². The van der Waals surface area contributed by atoms with E-state index in [1.807, 2.05) is 4.72 Å². The van der Waals surface area contributed by atoms with Crippen LogP contribution in [0.2, 0.25) is 0 Å². The van der Waals surface area contributed by atoms with Crippen molar-refractivity contribution in [3.05, 3.63) is 34.2 Å². The third-order valence-corrected chi connectivity index (χ3v) is 7.04. The minimum absolute atomic E-state index is 0.0190. The van der Waals surface area contributed by atoms with Crippen LogP contribution < -0.4 is 15.0 Å². The molecule has 1 aliphatic rings. The molecule has 1 fully saturated rings. The SMILES string of the molecule is [2H]C([2H])([2H])C([2H])([2H])C([2H])([2H])c1nn(C)c2c(=O)[nH]c(-c3cc(S(=O)(=O)NC([2H])([2H])C([2H])([2H])C4CCCN4C)ccc3OCCC)nc12. The van der Waals surface area contributed by atoms with Crippen LogP contribution in [0.3, 0.4) is 0 Å². The summed E-state index contributed by atoms with van der Waals surface area (Å²) >= 11 is 0. The van der Waals surface area contributed by atoms with Gasteiger partial charge in [-0.3, -0.25) is 9.48 Å². The zero-order chi connectivity index (χ0) is 35.5. The fraction of sp³-hybridized carbons (Fsp3) is 0.560. The van der Waals surface area contributed by atoms with Gasteiger partial charge in [0.1, 0.15) is 17.1 Å². The average Bonchev–Trinajstić information content (AvgIpc) is 3.54. The number of hydrogen-bond donors (Lipinski definition) is 2. The zero-order valence-electron chi connectivity index (χ0n) is 31.2. The molecule has 0 bridgehead atoms. The molecular formula is C25H36N6O4S. The minimum atomic E-state index is -4.78. The Bertz CT molecular complexity index is 1830. The summed E-state index contributed by atoms with van der Waals surface area (Å²) in [5.74, 6) is -0.346. The highest BCUT2D eigenvalue weighted by Crippen LogP contribution is 2.31. The van der Waals surface area contributed by atoms with Gasteiger partial charge in [-0.1, -0.05) is 20.1 Å². The van der Waals surface area contributed by atoms with Crippen molar-refractivity contribution < 1.29 is 28.2 Å². The monoisotopic (exact) mass is 527 g/mol. The van der Waals surface area contributed by atoms with Crippen molar-refractivity contribution in [3.8, 4) is 17.1 Å². The number of likely N-dealkylation sites (tertiary alicyclic amines) is 1. The van der Waals surface area contributed by atoms with Crippen LogP contribution in [0.5, 0.6) is 5.75 Å². The van der Waals surface area contributed by atoms with E-state index in [1.165, 1.54) is 13.1 Å². The number of nitrogens with one attached hydrogen (secondary N) is 2. The van der Waals surface area contributed by atoms with Crippen molar-refractivity contribution in [2.45, 2.75) is 63.1 Å². The number of sulfonamides is 1. The molecule has 2 N–H and O–H groups in total. The van der Waals surface area contributed by atoms with Gasteiger partial charge in [-0.15, -0.1) is 0 Å². The summed E-state index contributed by atoms with van der Waals surface area (Å²) in [5, 5.41) is 3.92. The Morgan fingerprint density at radius 1 is 1.36 bits per heavy atom. The molecule has 0 amide bonds. The van der Waals surface area contributed by atoms with Gasteiger partial charge in [-0.25, -0.2) is 18.1 Å². The standard InChI is InChI=1S/C25H36N6O4S/c1-5-8-20-22-23(31(4)29-20)25(32)28-24(27-22)19-16-18(10-11-21(19)35-15-6-2)36(33,34)26-13-12-17-9-7-14-30(17)3/h10-11,16-17,26H,5-9,12-15H2,1-4H3,(H,27,28,32)/i1D3,5D2,8D2,12D2,13D2. The number of nitrogens with zero attached hydrogens (tertiary/aromatic N) is 4. The van der Waals surface area contributed by atoms with Crippen molar-refractivity contribution in [1.82, 2.24) is 29.4 Å². The van der Waals surface area contributed by atoms with Crippen LogP contribution in [0.25, 0.3) is 22.4 Å². The van der Waals surface area contributed by atoms with Crippen LogP contribution in [0.1, 0.15) is 66.6 Å². The Labute approximate surface area is 227 Å². The first kappa shape index (κ1) is 15.5. The van der Waals surface area contributed by atoms with E-state index in [9.17, 15) is 13.2 Å². The van der Waals surface area contributed by atoms with E-state index in [0.29, 0.717) is 25.8 Å². The molecule has 0 aliphatic carbocycles. The molecule has 1 saturated heterocycles. The maximum absolute atomic E-state index is 13.5. The smallest absolute Gasteiger partial charge is 0.277 e. The molecular weight excluding hydrogens is 480 g/mol. The Hall–Kier alpha value is -2.76. The first-order chi connectivity index (χ1) is 21.4. The predicted octanol–water partition coefficient (Wildman–Crippen LogP) is 2.83. The van der Waals surface area contributed by atoms with Crippen LogP contribution in [0.15, 0.2) is 27.9 Å². The van der Waals surface area contributed by atoms with Crippen molar-refractivity contribution in [2.75, 3.05) is 26.7 Å². The molecule has 1 unspecified atom stereocenters. The summed E-state index contributed by atoms with van der Waals surface area (Å²) in [5.41, 5.74) is -2.62. The second-order valence-corrected chi connectivity index (χ2v) is 10.0. The zero-order valence-corrected chi connectivity index (χ0v) is 21.0. The third-order valence-electron chi connectivity index (χ3n) is 5.80. The number of aromatic nitrogens is 4. The highest BCUT2D eigenvalue weighted by molar-refractivity contribution is 7.89. The summed E-state index contributed by atoms with van der Waals surface area (Å²) in [4.78, 5) is 21.1. The molecule has 1 aliphatic heterocycles.